The van der Waals surface area contributed by atoms with Gasteiger partial charge in [-0.05, 0) is 43.3 Å². The van der Waals surface area contributed by atoms with Crippen molar-refractivity contribution in [1.82, 2.24) is 0 Å². The van der Waals surface area contributed by atoms with Gasteiger partial charge in [-0.25, -0.2) is 0 Å². The van der Waals surface area contributed by atoms with Crippen LogP contribution in [0, 0.1) is 11.3 Å². The van der Waals surface area contributed by atoms with Gasteiger partial charge >= 0.3 is 0 Å². The number of furan rings is 1. The Balaban J connectivity index is 1.76. The Labute approximate surface area is 171 Å². The molecule has 0 fully saturated rings. The van der Waals surface area contributed by atoms with E-state index in [0.717, 1.165) is 10.0 Å². The molecule has 2 aromatic carbocycles. The van der Waals surface area contributed by atoms with Crippen molar-refractivity contribution in [3.8, 4) is 23.1 Å². The number of hydrogen-bond donors (Lipinski definition) is 1. The topological polar surface area (TPSA) is 75.3 Å². The van der Waals surface area contributed by atoms with Crippen molar-refractivity contribution in [3.63, 3.8) is 0 Å². The summed E-state index contributed by atoms with van der Waals surface area (Å²) < 4.78 is 12.1. The number of nitrogens with one attached hydrogen (secondary N) is 1. The molecular weight excluding hydrogens is 420 g/mol. The minimum Gasteiger partial charge on any atom is -0.494 e. The first-order valence-electron chi connectivity index (χ1n) is 8.61. The number of benzene rings is 2. The van der Waals surface area contributed by atoms with Crippen LogP contribution >= 0.6 is 15.9 Å². The van der Waals surface area contributed by atoms with Crippen molar-refractivity contribution in [2.75, 3.05) is 11.9 Å². The molecule has 5 nitrogen and oxygen atoms in total. The lowest BCUT2D eigenvalue weighted by atomic mass is 10.2. The summed E-state index contributed by atoms with van der Waals surface area (Å²) in [7, 11) is 0. The second-order valence-electron chi connectivity index (χ2n) is 5.79. The van der Waals surface area contributed by atoms with Crippen LogP contribution in [0.4, 0.5) is 5.69 Å². The van der Waals surface area contributed by atoms with E-state index in [1.807, 2.05) is 37.3 Å². The minimum atomic E-state index is -0.516. The molecule has 0 aliphatic rings. The lowest BCUT2D eigenvalue weighted by molar-refractivity contribution is -0.112. The van der Waals surface area contributed by atoms with E-state index in [1.54, 1.807) is 36.4 Å². The van der Waals surface area contributed by atoms with Gasteiger partial charge in [-0.3, -0.25) is 4.79 Å². The summed E-state index contributed by atoms with van der Waals surface area (Å²) in [6.07, 6.45) is 1.42. The second-order valence-corrected chi connectivity index (χ2v) is 6.71. The smallest absolute Gasteiger partial charge is 0.266 e. The molecule has 0 atom stereocenters. The number of ether oxygens (including phenoxy) is 1. The average molecular weight is 437 g/mol. The van der Waals surface area contributed by atoms with Crippen LogP contribution in [-0.4, -0.2) is 12.5 Å². The number of rotatable bonds is 6. The van der Waals surface area contributed by atoms with Gasteiger partial charge in [0, 0.05) is 27.9 Å². The zero-order valence-corrected chi connectivity index (χ0v) is 16.7. The minimum absolute atomic E-state index is 0.0569. The lowest BCUT2D eigenvalue weighted by Gasteiger charge is -2.07. The maximum absolute atomic E-state index is 12.4. The molecule has 3 rings (SSSR count). The fraction of sp³-hybridized carbons (Fsp3) is 0.0909. The molecule has 3 aromatic rings. The molecule has 140 valence electrons. The number of nitrogens with zero attached hydrogens (tertiary/aromatic N) is 1. The number of carbonyl (C=O) groups excluding carboxylic acids is 1. The maximum Gasteiger partial charge on any atom is 0.266 e. The third kappa shape index (κ3) is 4.90. The molecule has 1 aromatic heterocycles. The summed E-state index contributed by atoms with van der Waals surface area (Å²) in [4.78, 5) is 12.4. The van der Waals surface area contributed by atoms with Crippen molar-refractivity contribution >= 4 is 33.6 Å². The highest BCUT2D eigenvalue weighted by Crippen LogP contribution is 2.25. The highest BCUT2D eigenvalue weighted by Gasteiger charge is 2.12. The summed E-state index contributed by atoms with van der Waals surface area (Å²) >= 11 is 3.39. The quantitative estimate of drug-likeness (QED) is 0.399. The zero-order valence-electron chi connectivity index (χ0n) is 15.1. The van der Waals surface area contributed by atoms with Crippen molar-refractivity contribution in [1.29, 1.82) is 5.26 Å². The number of halogens is 1. The van der Waals surface area contributed by atoms with Gasteiger partial charge < -0.3 is 14.5 Å². The largest absolute Gasteiger partial charge is 0.494 e. The summed E-state index contributed by atoms with van der Waals surface area (Å²) in [5.41, 5.74) is 1.39. The van der Waals surface area contributed by atoms with Crippen molar-refractivity contribution in [2.24, 2.45) is 0 Å². The number of carbonyl (C=O) groups is 1. The summed E-state index contributed by atoms with van der Waals surface area (Å²) in [5.74, 6) is 1.21. The molecule has 0 aliphatic heterocycles. The lowest BCUT2D eigenvalue weighted by Crippen LogP contribution is -2.13. The van der Waals surface area contributed by atoms with Crippen molar-refractivity contribution in [3.05, 3.63) is 76.5 Å². The van der Waals surface area contributed by atoms with Gasteiger partial charge in [-0.15, -0.1) is 0 Å². The highest BCUT2D eigenvalue weighted by atomic mass is 79.9. The average Bonchev–Trinajstić information content (AvgIpc) is 3.16. The normalized spacial score (nSPS) is 11.0. The Hall–Kier alpha value is -3.30. The molecule has 0 saturated heterocycles. The molecule has 1 heterocycles. The Bertz CT molecular complexity index is 1050. The van der Waals surface area contributed by atoms with Gasteiger partial charge in [-0.1, -0.05) is 34.1 Å². The molecule has 0 saturated carbocycles. The first-order chi connectivity index (χ1) is 13.6. The molecule has 1 N–H and O–H groups in total. The van der Waals surface area contributed by atoms with Crippen LogP contribution in [0.2, 0.25) is 0 Å². The molecule has 0 radical (unpaired) electrons. The Morgan fingerprint density at radius 2 is 2.00 bits per heavy atom. The molecule has 0 bridgehead atoms. The number of nitriles is 1. The molecule has 0 spiro atoms. The summed E-state index contributed by atoms with van der Waals surface area (Å²) in [6.45, 7) is 2.41. The summed E-state index contributed by atoms with van der Waals surface area (Å²) in [5, 5.41) is 12.1. The fourth-order valence-corrected chi connectivity index (χ4v) is 2.78. The highest BCUT2D eigenvalue weighted by molar-refractivity contribution is 9.10. The van der Waals surface area contributed by atoms with Gasteiger partial charge in [0.05, 0.1) is 6.61 Å². The van der Waals surface area contributed by atoms with E-state index in [9.17, 15) is 10.1 Å². The Kier molecular flexibility index (Phi) is 6.30. The first-order valence-corrected chi connectivity index (χ1v) is 9.40. The second kappa shape index (κ2) is 9.07. The first kappa shape index (κ1) is 19.5. The van der Waals surface area contributed by atoms with E-state index < -0.39 is 5.91 Å². The molecular formula is C22H17BrN2O3. The van der Waals surface area contributed by atoms with Crippen LogP contribution in [0.15, 0.2) is 75.1 Å². The summed E-state index contributed by atoms with van der Waals surface area (Å²) in [6, 6.07) is 20.1. The van der Waals surface area contributed by atoms with Crippen LogP contribution in [0.3, 0.4) is 0 Å². The predicted molar refractivity (Wildman–Crippen MR) is 112 cm³/mol. The van der Waals surface area contributed by atoms with Crippen LogP contribution in [0.5, 0.6) is 5.75 Å². The predicted octanol–water partition coefficient (Wildman–Crippen LogP) is 5.65. The van der Waals surface area contributed by atoms with Gasteiger partial charge in [0.15, 0.2) is 0 Å². The molecule has 28 heavy (non-hydrogen) atoms. The third-order valence-electron chi connectivity index (χ3n) is 3.81. The van der Waals surface area contributed by atoms with E-state index in [-0.39, 0.29) is 5.57 Å². The SMILES string of the molecule is CCOc1cccc(NC(=O)C(C#N)=Cc2ccc(-c3ccc(Br)cc3)o2)c1. The molecule has 0 unspecified atom stereocenters. The van der Waals surface area contributed by atoms with Crippen LogP contribution in [-0.2, 0) is 4.79 Å². The fourth-order valence-electron chi connectivity index (χ4n) is 2.52. The van der Waals surface area contributed by atoms with Crippen LogP contribution in [0.25, 0.3) is 17.4 Å². The zero-order chi connectivity index (χ0) is 19.9. The number of amides is 1. The van der Waals surface area contributed by atoms with E-state index in [1.165, 1.54) is 6.08 Å². The van der Waals surface area contributed by atoms with E-state index >= 15 is 0 Å². The van der Waals surface area contributed by atoms with Crippen molar-refractivity contribution < 1.29 is 13.9 Å². The van der Waals surface area contributed by atoms with E-state index in [0.29, 0.717) is 29.6 Å². The molecule has 0 aliphatic carbocycles. The number of hydrogen-bond acceptors (Lipinski definition) is 4. The van der Waals surface area contributed by atoms with E-state index in [4.69, 9.17) is 9.15 Å². The van der Waals surface area contributed by atoms with Crippen molar-refractivity contribution in [2.45, 2.75) is 6.92 Å². The Morgan fingerprint density at radius 3 is 2.71 bits per heavy atom. The monoisotopic (exact) mass is 436 g/mol. The maximum atomic E-state index is 12.4. The van der Waals surface area contributed by atoms with Gasteiger partial charge in [0.2, 0.25) is 0 Å². The van der Waals surface area contributed by atoms with Gasteiger partial charge in [-0.2, -0.15) is 5.26 Å². The van der Waals surface area contributed by atoms with Gasteiger partial charge in [0.1, 0.15) is 28.9 Å². The number of anilines is 1. The molecule has 1 amide bonds. The van der Waals surface area contributed by atoms with Gasteiger partial charge in [0.25, 0.3) is 5.91 Å². The Morgan fingerprint density at radius 1 is 1.21 bits per heavy atom. The standard InChI is InChI=1S/C22H17BrN2O3/c1-2-27-19-5-3-4-18(13-19)25-22(26)16(14-24)12-20-10-11-21(28-20)15-6-8-17(23)9-7-15/h3-13H,2H2,1H3,(H,25,26). The van der Waals surface area contributed by atoms with Crippen LogP contribution in [0.1, 0.15) is 12.7 Å². The molecule has 6 heteroatoms. The van der Waals surface area contributed by atoms with Crippen LogP contribution < -0.4 is 10.1 Å². The van der Waals surface area contributed by atoms with E-state index in [2.05, 4.69) is 21.2 Å². The third-order valence-corrected chi connectivity index (χ3v) is 4.34.